The molecule has 0 radical (unpaired) electrons. The van der Waals surface area contributed by atoms with Crippen molar-refractivity contribution in [3.8, 4) is 10.4 Å². The van der Waals surface area contributed by atoms with Crippen LogP contribution < -0.4 is 0 Å². The van der Waals surface area contributed by atoms with Gasteiger partial charge < -0.3 is 5.11 Å². The molecule has 0 saturated heterocycles. The smallest absolute Gasteiger partial charge is 0.137 e. The van der Waals surface area contributed by atoms with Crippen LogP contribution in [0.25, 0.3) is 10.4 Å². The largest absolute Gasteiger partial charge is 0.381 e. The van der Waals surface area contributed by atoms with Crippen LogP contribution in [0.15, 0.2) is 61.4 Å². The second kappa shape index (κ2) is 8.74. The van der Waals surface area contributed by atoms with Crippen molar-refractivity contribution in [3.63, 3.8) is 0 Å². The minimum Gasteiger partial charge on any atom is -0.381 e. The summed E-state index contributed by atoms with van der Waals surface area (Å²) in [7, 11) is 0. The van der Waals surface area contributed by atoms with E-state index in [0.717, 1.165) is 22.9 Å². The summed E-state index contributed by atoms with van der Waals surface area (Å²) in [4.78, 5) is 12.7. The fraction of sp³-hybridized carbons (Fsp3) is 0.292. The Bertz CT molecular complexity index is 1250. The van der Waals surface area contributed by atoms with Crippen molar-refractivity contribution in [2.75, 3.05) is 6.54 Å². The molecule has 4 aromatic rings. The Morgan fingerprint density at radius 3 is 2.82 bits per heavy atom. The lowest BCUT2D eigenvalue weighted by Gasteiger charge is -2.42. The van der Waals surface area contributed by atoms with Crippen LogP contribution in [0.2, 0.25) is 0 Å². The first-order chi connectivity index (χ1) is 15.9. The molecular formula is C24H23F2N5OS. The summed E-state index contributed by atoms with van der Waals surface area (Å²) >= 11 is 1.71. The van der Waals surface area contributed by atoms with E-state index in [1.54, 1.807) is 17.5 Å². The molecule has 4 heterocycles. The van der Waals surface area contributed by atoms with Gasteiger partial charge in [-0.25, -0.2) is 18.4 Å². The van der Waals surface area contributed by atoms with E-state index in [0.29, 0.717) is 13.1 Å². The van der Waals surface area contributed by atoms with Crippen molar-refractivity contribution in [1.82, 2.24) is 24.6 Å². The molecule has 0 saturated carbocycles. The van der Waals surface area contributed by atoms with Crippen molar-refractivity contribution < 1.29 is 13.9 Å². The highest BCUT2D eigenvalue weighted by molar-refractivity contribution is 7.15. The molecule has 170 valence electrons. The molecule has 0 amide bonds. The number of nitrogens with zero attached hydrogens (tertiary/aromatic N) is 5. The van der Waals surface area contributed by atoms with Crippen LogP contribution in [0.3, 0.4) is 0 Å². The maximum Gasteiger partial charge on any atom is 0.137 e. The summed E-state index contributed by atoms with van der Waals surface area (Å²) in [5.74, 6) is -1.46. The van der Waals surface area contributed by atoms with Crippen LogP contribution in [0, 0.1) is 11.6 Å². The number of benzene rings is 1. The molecule has 5 rings (SSSR count). The highest BCUT2D eigenvalue weighted by Gasteiger charge is 2.43. The van der Waals surface area contributed by atoms with E-state index in [1.165, 1.54) is 39.9 Å². The van der Waals surface area contributed by atoms with E-state index in [4.69, 9.17) is 0 Å². The highest BCUT2D eigenvalue weighted by Crippen LogP contribution is 2.38. The van der Waals surface area contributed by atoms with E-state index >= 15 is 0 Å². The van der Waals surface area contributed by atoms with Gasteiger partial charge in [0.15, 0.2) is 0 Å². The summed E-state index contributed by atoms with van der Waals surface area (Å²) in [6.07, 6.45) is 7.27. The highest BCUT2D eigenvalue weighted by atomic mass is 32.1. The van der Waals surface area contributed by atoms with Gasteiger partial charge in [-0.1, -0.05) is 12.1 Å². The lowest BCUT2D eigenvalue weighted by molar-refractivity contribution is -0.0674. The van der Waals surface area contributed by atoms with Crippen molar-refractivity contribution in [2.24, 2.45) is 0 Å². The van der Waals surface area contributed by atoms with Crippen molar-refractivity contribution in [1.29, 1.82) is 0 Å². The molecule has 33 heavy (non-hydrogen) atoms. The van der Waals surface area contributed by atoms with Gasteiger partial charge in [0.05, 0.1) is 6.54 Å². The van der Waals surface area contributed by atoms with Gasteiger partial charge in [0.25, 0.3) is 0 Å². The lowest BCUT2D eigenvalue weighted by atomic mass is 9.84. The average molecular weight is 468 g/mol. The molecule has 0 fully saturated rings. The Labute approximate surface area is 194 Å². The number of hydrogen-bond acceptors (Lipinski definition) is 6. The third-order valence-corrected chi connectivity index (χ3v) is 7.57. The van der Waals surface area contributed by atoms with E-state index in [9.17, 15) is 13.9 Å². The SMILES string of the molecule is C[C@@H](N1CCc2cc(-c3cccnc3)sc2C1)[C@](O)(Cn1cncn1)c1ccc(F)cc1F. The number of aromatic nitrogens is 4. The van der Waals surface area contributed by atoms with Gasteiger partial charge in [-0.2, -0.15) is 5.10 Å². The lowest BCUT2D eigenvalue weighted by Crippen LogP contribution is -2.53. The zero-order valence-corrected chi connectivity index (χ0v) is 18.8. The number of thiophene rings is 1. The Hall–Kier alpha value is -3.01. The number of fused-ring (bicyclic) bond motifs is 1. The van der Waals surface area contributed by atoms with Gasteiger partial charge >= 0.3 is 0 Å². The van der Waals surface area contributed by atoms with Crippen LogP contribution in [-0.2, 0) is 25.1 Å². The minimum atomic E-state index is -1.65. The van der Waals surface area contributed by atoms with Gasteiger partial charge in [-0.3, -0.25) is 9.88 Å². The van der Waals surface area contributed by atoms with Gasteiger partial charge in [0, 0.05) is 58.5 Å². The summed E-state index contributed by atoms with van der Waals surface area (Å²) in [5.41, 5.74) is 0.759. The van der Waals surface area contributed by atoms with Crippen molar-refractivity contribution in [2.45, 2.75) is 38.1 Å². The Morgan fingerprint density at radius 2 is 2.09 bits per heavy atom. The molecule has 0 aliphatic carbocycles. The molecule has 1 N–H and O–H groups in total. The number of rotatable bonds is 6. The molecule has 1 aromatic carbocycles. The van der Waals surface area contributed by atoms with Crippen molar-refractivity contribution >= 4 is 11.3 Å². The Balaban J connectivity index is 1.46. The third kappa shape index (κ3) is 4.19. The normalized spacial score (nSPS) is 16.8. The summed E-state index contributed by atoms with van der Waals surface area (Å²) < 4.78 is 30.0. The van der Waals surface area contributed by atoms with Crippen LogP contribution >= 0.6 is 11.3 Å². The predicted octanol–water partition coefficient (Wildman–Crippen LogP) is 4.01. The molecule has 6 nitrogen and oxygen atoms in total. The monoisotopic (exact) mass is 467 g/mol. The maximum atomic E-state index is 14.9. The number of pyridine rings is 1. The first-order valence-electron chi connectivity index (χ1n) is 10.7. The summed E-state index contributed by atoms with van der Waals surface area (Å²) in [5, 5.41) is 16.0. The molecule has 1 aliphatic heterocycles. The first-order valence-corrected chi connectivity index (χ1v) is 11.5. The molecule has 9 heteroatoms. The van der Waals surface area contributed by atoms with Gasteiger partial charge in [-0.15, -0.1) is 11.3 Å². The summed E-state index contributed by atoms with van der Waals surface area (Å²) in [6.45, 7) is 3.20. The van der Waals surface area contributed by atoms with Gasteiger partial charge in [0.1, 0.15) is 29.9 Å². The second-order valence-electron chi connectivity index (χ2n) is 8.34. The molecule has 2 atom stereocenters. The standard InChI is InChI=1S/C24H23F2N5OS/c1-16(24(32,13-31-15-28-14-29-31)20-5-4-19(25)10-21(20)26)30-8-6-17-9-22(33-23(17)12-30)18-3-2-7-27-11-18/h2-5,7,9-11,14-16,32H,6,8,12-13H2,1H3/t16-,24-/m1/s1. The summed E-state index contributed by atoms with van der Waals surface area (Å²) in [6, 6.07) is 8.99. The van der Waals surface area contributed by atoms with E-state index in [2.05, 4.69) is 26.0 Å². The maximum absolute atomic E-state index is 14.9. The topological polar surface area (TPSA) is 67.1 Å². The van der Waals surface area contributed by atoms with Gasteiger partial charge in [-0.05, 0) is 37.1 Å². The quantitative estimate of drug-likeness (QED) is 0.464. The van der Waals surface area contributed by atoms with Crippen LogP contribution in [0.5, 0.6) is 0 Å². The van der Waals surface area contributed by atoms with E-state index in [1.807, 2.05) is 25.3 Å². The third-order valence-electron chi connectivity index (χ3n) is 6.36. The molecular weight excluding hydrogens is 444 g/mol. The molecule has 1 aliphatic rings. The molecule has 0 spiro atoms. The van der Waals surface area contributed by atoms with Crippen LogP contribution in [0.4, 0.5) is 8.78 Å². The Morgan fingerprint density at radius 1 is 1.21 bits per heavy atom. The zero-order valence-electron chi connectivity index (χ0n) is 18.0. The van der Waals surface area contributed by atoms with E-state index in [-0.39, 0.29) is 12.1 Å². The van der Waals surface area contributed by atoms with Crippen LogP contribution in [0.1, 0.15) is 22.9 Å². The Kier molecular flexibility index (Phi) is 5.77. The number of aliphatic hydroxyl groups is 1. The van der Waals surface area contributed by atoms with E-state index < -0.39 is 23.3 Å². The predicted molar refractivity (Wildman–Crippen MR) is 121 cm³/mol. The fourth-order valence-corrected chi connectivity index (χ4v) is 5.69. The van der Waals surface area contributed by atoms with Gasteiger partial charge in [0.2, 0.25) is 0 Å². The second-order valence-corrected chi connectivity index (χ2v) is 9.48. The first kappa shape index (κ1) is 21.8. The molecule has 0 unspecified atom stereocenters. The number of hydrogen-bond donors (Lipinski definition) is 1. The molecule has 0 bridgehead atoms. The minimum absolute atomic E-state index is 0.00848. The fourth-order valence-electron chi connectivity index (χ4n) is 4.47. The molecule has 3 aromatic heterocycles. The van der Waals surface area contributed by atoms with Crippen LogP contribution in [-0.4, -0.2) is 42.3 Å². The van der Waals surface area contributed by atoms with Crippen molar-refractivity contribution in [3.05, 3.63) is 89.1 Å². The number of halogens is 2. The average Bonchev–Trinajstić information content (AvgIpc) is 3.48. The zero-order chi connectivity index (χ0) is 23.0.